The monoisotopic (exact) mass is 299 g/mol. The van der Waals surface area contributed by atoms with Gasteiger partial charge in [0.15, 0.2) is 6.21 Å². The van der Waals surface area contributed by atoms with Crippen LogP contribution < -0.4 is 0 Å². The summed E-state index contributed by atoms with van der Waals surface area (Å²) < 4.78 is 37.7. The molecule has 2 aromatic carbocycles. The van der Waals surface area contributed by atoms with E-state index >= 15 is 0 Å². The van der Waals surface area contributed by atoms with E-state index in [4.69, 9.17) is 11.6 Å². The Balaban J connectivity index is 2.24. The second kappa shape index (κ2) is 5.54. The zero-order valence-corrected chi connectivity index (χ0v) is 10.8. The van der Waals surface area contributed by atoms with Crippen LogP contribution >= 0.6 is 11.6 Å². The maximum Gasteiger partial charge on any atom is 0.416 e. The lowest BCUT2D eigenvalue weighted by Crippen LogP contribution is -2.05. The van der Waals surface area contributed by atoms with Crippen LogP contribution in [0.2, 0.25) is 5.02 Å². The molecule has 0 aliphatic heterocycles. The van der Waals surface area contributed by atoms with Gasteiger partial charge in [-0.1, -0.05) is 11.6 Å². The van der Waals surface area contributed by atoms with Gasteiger partial charge in [-0.2, -0.15) is 17.9 Å². The van der Waals surface area contributed by atoms with Gasteiger partial charge in [0.2, 0.25) is 5.69 Å². The molecule has 20 heavy (non-hydrogen) atoms. The summed E-state index contributed by atoms with van der Waals surface area (Å²) in [7, 11) is 0. The molecule has 0 aromatic heterocycles. The summed E-state index contributed by atoms with van der Waals surface area (Å²) in [6.07, 6.45) is -3.19. The van der Waals surface area contributed by atoms with E-state index in [2.05, 4.69) is 0 Å². The van der Waals surface area contributed by atoms with Gasteiger partial charge in [-0.05, 0) is 36.4 Å². The van der Waals surface area contributed by atoms with Gasteiger partial charge in [-0.3, -0.25) is 0 Å². The Morgan fingerprint density at radius 2 is 1.50 bits per heavy atom. The number of halogens is 4. The van der Waals surface area contributed by atoms with Crippen molar-refractivity contribution in [2.24, 2.45) is 0 Å². The van der Waals surface area contributed by atoms with Crippen LogP contribution in [0.3, 0.4) is 0 Å². The number of alkyl halides is 3. The average molecular weight is 300 g/mol. The second-order valence-corrected chi connectivity index (χ2v) is 4.49. The van der Waals surface area contributed by atoms with Crippen molar-refractivity contribution in [3.63, 3.8) is 0 Å². The Bertz CT molecular complexity index is 618. The fourth-order valence-corrected chi connectivity index (χ4v) is 1.68. The van der Waals surface area contributed by atoms with Gasteiger partial charge < -0.3 is 5.21 Å². The highest BCUT2D eigenvalue weighted by Crippen LogP contribution is 2.28. The number of rotatable bonds is 2. The fourth-order valence-electron chi connectivity index (χ4n) is 1.56. The molecule has 0 unspecified atom stereocenters. The minimum atomic E-state index is -4.38. The Hall–Kier alpha value is -2.01. The third kappa shape index (κ3) is 3.51. The van der Waals surface area contributed by atoms with Crippen LogP contribution in [0, 0.1) is 5.21 Å². The van der Waals surface area contributed by atoms with E-state index in [1.807, 2.05) is 0 Å². The van der Waals surface area contributed by atoms with Gasteiger partial charge >= 0.3 is 6.18 Å². The first-order chi connectivity index (χ1) is 9.36. The minimum absolute atomic E-state index is 0.342. The highest BCUT2D eigenvalue weighted by molar-refractivity contribution is 6.30. The Kier molecular flexibility index (Phi) is 3.99. The average Bonchev–Trinajstić information content (AvgIpc) is 2.39. The molecule has 0 aliphatic carbocycles. The highest BCUT2D eigenvalue weighted by Gasteiger charge is 2.29. The molecule has 0 bridgehead atoms. The third-order valence-corrected chi connectivity index (χ3v) is 2.84. The molecule has 0 saturated heterocycles. The van der Waals surface area contributed by atoms with E-state index < -0.39 is 11.7 Å². The molecule has 2 nitrogen and oxygen atoms in total. The van der Waals surface area contributed by atoms with Gasteiger partial charge in [0.25, 0.3) is 0 Å². The maximum absolute atomic E-state index is 12.4. The van der Waals surface area contributed by atoms with Crippen molar-refractivity contribution in [2.75, 3.05) is 0 Å². The molecule has 104 valence electrons. The van der Waals surface area contributed by atoms with Crippen LogP contribution in [0.1, 0.15) is 11.1 Å². The molecule has 0 saturated carbocycles. The summed E-state index contributed by atoms with van der Waals surface area (Å²) >= 11 is 5.70. The molecule has 6 heteroatoms. The van der Waals surface area contributed by atoms with E-state index in [0.717, 1.165) is 12.1 Å². The lowest BCUT2D eigenvalue weighted by Gasteiger charge is -2.06. The van der Waals surface area contributed by atoms with Crippen LogP contribution in [0.4, 0.5) is 18.9 Å². The van der Waals surface area contributed by atoms with Crippen molar-refractivity contribution in [2.45, 2.75) is 6.18 Å². The van der Waals surface area contributed by atoms with Crippen LogP contribution in [0.25, 0.3) is 0 Å². The van der Waals surface area contributed by atoms with E-state index in [1.54, 1.807) is 12.1 Å². The van der Waals surface area contributed by atoms with Crippen molar-refractivity contribution in [3.05, 3.63) is 69.9 Å². The topological polar surface area (TPSA) is 26.1 Å². The molecule has 0 atom stereocenters. The molecule has 0 fully saturated rings. The van der Waals surface area contributed by atoms with Crippen LogP contribution in [-0.4, -0.2) is 11.0 Å². The summed E-state index contributed by atoms with van der Waals surface area (Å²) in [4.78, 5) is 0. The summed E-state index contributed by atoms with van der Waals surface area (Å²) in [6.45, 7) is 0. The normalized spacial score (nSPS) is 12.5. The quantitative estimate of drug-likeness (QED) is 0.344. The Morgan fingerprint density at radius 1 is 0.950 bits per heavy atom. The molecular formula is C14H9ClF3NO. The van der Waals surface area contributed by atoms with Crippen LogP contribution in [-0.2, 0) is 6.18 Å². The number of hydrogen-bond donors (Lipinski definition) is 0. The smallest absolute Gasteiger partial charge is 0.416 e. The SMILES string of the molecule is [O-][N+](=Cc1ccc(C(F)(F)F)cc1)c1ccc(Cl)cc1. The number of hydrogen-bond acceptors (Lipinski definition) is 1. The Morgan fingerprint density at radius 3 is 2.00 bits per heavy atom. The molecule has 0 spiro atoms. The highest BCUT2D eigenvalue weighted by atomic mass is 35.5. The van der Waals surface area contributed by atoms with Crippen LogP contribution in [0.5, 0.6) is 0 Å². The summed E-state index contributed by atoms with van der Waals surface area (Å²) in [5, 5.41) is 12.3. The van der Waals surface area contributed by atoms with E-state index in [0.29, 0.717) is 21.0 Å². The van der Waals surface area contributed by atoms with Crippen molar-refractivity contribution < 1.29 is 17.9 Å². The minimum Gasteiger partial charge on any atom is -0.618 e. The molecular weight excluding hydrogens is 291 g/mol. The predicted octanol–water partition coefficient (Wildman–Crippen LogP) is 4.62. The molecule has 0 N–H and O–H groups in total. The van der Waals surface area contributed by atoms with Gasteiger partial charge in [0, 0.05) is 22.7 Å². The third-order valence-electron chi connectivity index (χ3n) is 2.59. The zero-order valence-electron chi connectivity index (χ0n) is 10.1. The van der Waals surface area contributed by atoms with Gasteiger partial charge in [0.1, 0.15) is 0 Å². The standard InChI is InChI=1S/C14H9ClF3NO/c15-12-5-7-13(8-6-12)19(20)9-10-1-3-11(4-2-10)14(16,17)18/h1-9H. The first kappa shape index (κ1) is 14.4. The summed E-state index contributed by atoms with van der Waals surface area (Å²) in [5.74, 6) is 0. The first-order valence-electron chi connectivity index (χ1n) is 5.60. The van der Waals surface area contributed by atoms with Gasteiger partial charge in [-0.25, -0.2) is 0 Å². The number of nitrogens with zero attached hydrogens (tertiary/aromatic N) is 1. The largest absolute Gasteiger partial charge is 0.618 e. The van der Waals surface area contributed by atoms with E-state index in [9.17, 15) is 18.4 Å². The summed E-state index contributed by atoms with van der Waals surface area (Å²) in [5.41, 5.74) is -0.0316. The van der Waals surface area contributed by atoms with E-state index in [1.165, 1.54) is 30.5 Å². The van der Waals surface area contributed by atoms with Gasteiger partial charge in [0.05, 0.1) is 5.56 Å². The summed E-state index contributed by atoms with van der Waals surface area (Å²) in [6, 6.07) is 10.5. The second-order valence-electron chi connectivity index (χ2n) is 4.05. The van der Waals surface area contributed by atoms with Crippen molar-refractivity contribution in [1.82, 2.24) is 0 Å². The Labute approximate surface area is 118 Å². The lowest BCUT2D eigenvalue weighted by molar-refractivity contribution is -0.354. The lowest BCUT2D eigenvalue weighted by atomic mass is 10.1. The van der Waals surface area contributed by atoms with Gasteiger partial charge in [-0.15, -0.1) is 0 Å². The number of benzene rings is 2. The molecule has 2 rings (SSSR count). The van der Waals surface area contributed by atoms with Crippen LogP contribution in [0.15, 0.2) is 48.5 Å². The molecule has 0 radical (unpaired) electrons. The fraction of sp³-hybridized carbons (Fsp3) is 0.0714. The predicted molar refractivity (Wildman–Crippen MR) is 71.3 cm³/mol. The van der Waals surface area contributed by atoms with Crippen molar-refractivity contribution in [1.29, 1.82) is 0 Å². The van der Waals surface area contributed by atoms with E-state index in [-0.39, 0.29) is 0 Å². The zero-order chi connectivity index (χ0) is 14.8. The molecule has 0 amide bonds. The molecule has 0 heterocycles. The molecule has 0 aliphatic rings. The molecule has 2 aromatic rings. The van der Waals surface area contributed by atoms with Crippen molar-refractivity contribution >= 4 is 23.5 Å². The maximum atomic E-state index is 12.4. The van der Waals surface area contributed by atoms with Crippen molar-refractivity contribution in [3.8, 4) is 0 Å². The first-order valence-corrected chi connectivity index (χ1v) is 5.98.